The van der Waals surface area contributed by atoms with Gasteiger partial charge in [-0.3, -0.25) is 9.69 Å². The Bertz CT molecular complexity index is 1030. The summed E-state index contributed by atoms with van der Waals surface area (Å²) >= 11 is 0. The molecule has 0 unspecified atom stereocenters. The van der Waals surface area contributed by atoms with E-state index in [-0.39, 0.29) is 12.1 Å². The molecule has 0 saturated carbocycles. The molecule has 0 aromatic heterocycles. The van der Waals surface area contributed by atoms with E-state index in [1.807, 2.05) is 73.7 Å². The number of nitrogens with zero attached hydrogens (tertiary/aromatic N) is 1. The molecule has 1 amide bonds. The Labute approximate surface area is 176 Å². The number of carbonyl (C=O) groups excluding carboxylic acids is 1. The van der Waals surface area contributed by atoms with Gasteiger partial charge in [-0.1, -0.05) is 18.2 Å². The van der Waals surface area contributed by atoms with Gasteiger partial charge in [-0.15, -0.1) is 0 Å². The summed E-state index contributed by atoms with van der Waals surface area (Å²) in [5, 5.41) is 3.48. The third-order valence-electron chi connectivity index (χ3n) is 5.04. The van der Waals surface area contributed by atoms with Crippen LogP contribution in [-0.2, 0) is 0 Å². The van der Waals surface area contributed by atoms with E-state index >= 15 is 0 Å². The number of anilines is 2. The van der Waals surface area contributed by atoms with Crippen molar-refractivity contribution in [2.45, 2.75) is 13.1 Å². The number of carbonyl (C=O) groups is 1. The van der Waals surface area contributed by atoms with Crippen molar-refractivity contribution in [3.8, 4) is 17.2 Å². The molecule has 6 nitrogen and oxygen atoms in total. The molecule has 3 aromatic carbocycles. The van der Waals surface area contributed by atoms with Crippen LogP contribution in [0.2, 0.25) is 0 Å². The van der Waals surface area contributed by atoms with Gasteiger partial charge in [0.2, 0.25) is 0 Å². The number of fused-ring (bicyclic) bond motifs is 1. The maximum Gasteiger partial charge on any atom is 0.260 e. The minimum absolute atomic E-state index is 0.0536. The maximum absolute atomic E-state index is 13.3. The van der Waals surface area contributed by atoms with Crippen LogP contribution >= 0.6 is 0 Å². The third-order valence-corrected chi connectivity index (χ3v) is 5.04. The zero-order valence-electron chi connectivity index (χ0n) is 17.2. The van der Waals surface area contributed by atoms with Gasteiger partial charge in [0.05, 0.1) is 20.8 Å². The fourth-order valence-electron chi connectivity index (χ4n) is 3.64. The second-order valence-corrected chi connectivity index (χ2v) is 6.84. The summed E-state index contributed by atoms with van der Waals surface area (Å²) in [5.41, 5.74) is 3.17. The molecule has 1 aliphatic heterocycles. The summed E-state index contributed by atoms with van der Waals surface area (Å²) in [5.74, 6) is 2.05. The van der Waals surface area contributed by atoms with Crippen LogP contribution in [0.4, 0.5) is 11.4 Å². The second-order valence-electron chi connectivity index (χ2n) is 6.84. The first-order valence-corrected chi connectivity index (χ1v) is 9.79. The molecule has 30 heavy (non-hydrogen) atoms. The van der Waals surface area contributed by atoms with Gasteiger partial charge >= 0.3 is 0 Å². The van der Waals surface area contributed by atoms with Gasteiger partial charge in [0, 0.05) is 40.7 Å². The van der Waals surface area contributed by atoms with E-state index in [9.17, 15) is 4.79 Å². The quantitative estimate of drug-likeness (QED) is 0.609. The van der Waals surface area contributed by atoms with Gasteiger partial charge in [-0.05, 0) is 37.3 Å². The zero-order valence-corrected chi connectivity index (χ0v) is 17.2. The Hall–Kier alpha value is -3.67. The molecule has 1 aliphatic rings. The number of benzene rings is 3. The number of amides is 1. The number of hydrogen-bond acceptors (Lipinski definition) is 5. The predicted molar refractivity (Wildman–Crippen MR) is 117 cm³/mol. The lowest BCUT2D eigenvalue weighted by molar-refractivity contribution is 0.0993. The van der Waals surface area contributed by atoms with Crippen LogP contribution in [-0.4, -0.2) is 26.7 Å². The van der Waals surface area contributed by atoms with Crippen molar-refractivity contribution in [3.63, 3.8) is 0 Å². The van der Waals surface area contributed by atoms with E-state index in [1.54, 1.807) is 19.1 Å². The summed E-state index contributed by atoms with van der Waals surface area (Å²) in [6.45, 7) is 2.53. The minimum atomic E-state index is -0.372. The molecule has 6 heteroatoms. The van der Waals surface area contributed by atoms with Crippen molar-refractivity contribution in [3.05, 3.63) is 77.9 Å². The van der Waals surface area contributed by atoms with Crippen molar-refractivity contribution < 1.29 is 19.0 Å². The van der Waals surface area contributed by atoms with Crippen molar-refractivity contribution in [1.29, 1.82) is 0 Å². The average molecular weight is 404 g/mol. The largest absolute Gasteiger partial charge is 0.497 e. The predicted octanol–water partition coefficient (Wildman–Crippen LogP) is 4.87. The summed E-state index contributed by atoms with van der Waals surface area (Å²) in [4.78, 5) is 15.0. The second kappa shape index (κ2) is 8.37. The summed E-state index contributed by atoms with van der Waals surface area (Å²) in [7, 11) is 3.22. The topological polar surface area (TPSA) is 60.0 Å². The molecule has 0 radical (unpaired) electrons. The van der Waals surface area contributed by atoms with Crippen molar-refractivity contribution in [2.75, 3.05) is 31.0 Å². The first-order valence-electron chi connectivity index (χ1n) is 9.79. The fourth-order valence-corrected chi connectivity index (χ4v) is 3.64. The minimum Gasteiger partial charge on any atom is -0.497 e. The highest BCUT2D eigenvalue weighted by Crippen LogP contribution is 2.39. The molecule has 4 rings (SSSR count). The Morgan fingerprint density at radius 3 is 2.20 bits per heavy atom. The molecule has 1 atom stereocenters. The van der Waals surface area contributed by atoms with E-state index in [0.29, 0.717) is 23.7 Å². The van der Waals surface area contributed by atoms with Crippen molar-refractivity contribution in [2.24, 2.45) is 0 Å². The first kappa shape index (κ1) is 19.6. The highest BCUT2D eigenvalue weighted by Gasteiger charge is 2.37. The lowest BCUT2D eigenvalue weighted by atomic mass is 10.1. The Morgan fingerprint density at radius 1 is 0.900 bits per heavy atom. The average Bonchev–Trinajstić information content (AvgIpc) is 3.06. The number of hydrogen-bond donors (Lipinski definition) is 1. The van der Waals surface area contributed by atoms with E-state index in [2.05, 4.69) is 5.32 Å². The molecular formula is C24H24N2O4. The van der Waals surface area contributed by atoms with Crippen molar-refractivity contribution in [1.82, 2.24) is 0 Å². The fraction of sp³-hybridized carbons (Fsp3) is 0.208. The van der Waals surface area contributed by atoms with Crippen LogP contribution in [0.15, 0.2) is 66.7 Å². The van der Waals surface area contributed by atoms with Crippen LogP contribution in [0.3, 0.4) is 0 Å². The number of rotatable bonds is 7. The Kier molecular flexibility index (Phi) is 5.48. The van der Waals surface area contributed by atoms with Gasteiger partial charge in [-0.2, -0.15) is 0 Å². The molecule has 1 N–H and O–H groups in total. The summed E-state index contributed by atoms with van der Waals surface area (Å²) < 4.78 is 16.3. The molecule has 1 heterocycles. The van der Waals surface area contributed by atoms with E-state index < -0.39 is 0 Å². The molecule has 0 fully saturated rings. The lowest BCUT2D eigenvalue weighted by Gasteiger charge is -2.27. The van der Waals surface area contributed by atoms with Crippen LogP contribution < -0.4 is 24.4 Å². The molecule has 154 valence electrons. The summed E-state index contributed by atoms with van der Waals surface area (Å²) in [6, 6.07) is 20.8. The highest BCUT2D eigenvalue weighted by atomic mass is 16.5. The molecular weight excluding hydrogens is 380 g/mol. The number of nitrogens with one attached hydrogen (secondary N) is 1. The SMILES string of the molecule is CCOc1ccc(N2C(=O)c3ccccc3[C@H]2Nc2cc(OC)cc(OC)c2)cc1. The van der Waals surface area contributed by atoms with Crippen molar-refractivity contribution >= 4 is 17.3 Å². The standard InChI is InChI=1S/C24H24N2O4/c1-4-30-18-11-9-17(10-12-18)26-23(21-7-5-6-8-22(21)24(26)27)25-16-13-19(28-2)15-20(14-16)29-3/h5-15,23,25H,4H2,1-3H3/t23-/m0/s1. The molecule has 0 spiro atoms. The van der Waals surface area contributed by atoms with Gasteiger partial charge in [0.25, 0.3) is 5.91 Å². The molecule has 0 saturated heterocycles. The zero-order chi connectivity index (χ0) is 21.1. The van der Waals surface area contributed by atoms with E-state index in [4.69, 9.17) is 14.2 Å². The van der Waals surface area contributed by atoms with Gasteiger partial charge in [0.15, 0.2) is 0 Å². The third kappa shape index (κ3) is 3.64. The summed E-state index contributed by atoms with van der Waals surface area (Å²) in [6.07, 6.45) is -0.372. The van der Waals surface area contributed by atoms with Gasteiger partial charge < -0.3 is 19.5 Å². The lowest BCUT2D eigenvalue weighted by Crippen LogP contribution is -2.32. The normalized spacial score (nSPS) is 15.0. The Morgan fingerprint density at radius 2 is 1.57 bits per heavy atom. The van der Waals surface area contributed by atoms with Crippen LogP contribution in [0, 0.1) is 0 Å². The Balaban J connectivity index is 1.73. The van der Waals surface area contributed by atoms with Crippen LogP contribution in [0.5, 0.6) is 17.2 Å². The van der Waals surface area contributed by atoms with Crippen LogP contribution in [0.25, 0.3) is 0 Å². The molecule has 0 bridgehead atoms. The monoisotopic (exact) mass is 404 g/mol. The number of methoxy groups -OCH3 is 2. The van der Waals surface area contributed by atoms with E-state index in [0.717, 1.165) is 22.7 Å². The highest BCUT2D eigenvalue weighted by molar-refractivity contribution is 6.11. The maximum atomic E-state index is 13.3. The van der Waals surface area contributed by atoms with E-state index in [1.165, 1.54) is 0 Å². The first-order chi connectivity index (χ1) is 14.6. The molecule has 0 aliphatic carbocycles. The van der Waals surface area contributed by atoms with Crippen LogP contribution in [0.1, 0.15) is 29.0 Å². The molecule has 3 aromatic rings. The smallest absolute Gasteiger partial charge is 0.260 e. The van der Waals surface area contributed by atoms with Gasteiger partial charge in [0.1, 0.15) is 23.4 Å². The van der Waals surface area contributed by atoms with Gasteiger partial charge in [-0.25, -0.2) is 0 Å². The number of ether oxygens (including phenoxy) is 3.